The third-order valence-corrected chi connectivity index (χ3v) is 4.85. The van der Waals surface area contributed by atoms with Gasteiger partial charge in [0.25, 0.3) is 0 Å². The first-order chi connectivity index (χ1) is 15.9. The fraction of sp³-hybridized carbons (Fsp3) is 0.280. The van der Waals surface area contributed by atoms with Crippen molar-refractivity contribution in [3.05, 3.63) is 89.6 Å². The summed E-state index contributed by atoms with van der Waals surface area (Å²) in [7, 11) is 0. The molecule has 33 heavy (non-hydrogen) atoms. The summed E-state index contributed by atoms with van der Waals surface area (Å²) in [5.74, 6) is 0.468. The Labute approximate surface area is 191 Å². The maximum atomic E-state index is 12.3. The van der Waals surface area contributed by atoms with Gasteiger partial charge in [0.15, 0.2) is 0 Å². The van der Waals surface area contributed by atoms with Crippen molar-refractivity contribution in [1.29, 1.82) is 0 Å². The molecular formula is C25H26F3N3O2. The quantitative estimate of drug-likeness (QED) is 0.0958. The molecule has 0 spiro atoms. The Kier molecular flexibility index (Phi) is 8.83. The number of aliphatic imine (C=N–C) groups is 1. The van der Waals surface area contributed by atoms with E-state index < -0.39 is 6.36 Å². The van der Waals surface area contributed by atoms with E-state index in [-0.39, 0.29) is 5.75 Å². The van der Waals surface area contributed by atoms with Crippen molar-refractivity contribution in [2.45, 2.75) is 32.0 Å². The molecule has 3 rings (SSSR count). The number of alkyl halides is 3. The Morgan fingerprint density at radius 2 is 1.82 bits per heavy atom. The molecule has 2 aromatic carbocycles. The molecule has 1 saturated carbocycles. The highest BCUT2D eigenvalue weighted by Gasteiger charge is 2.30. The van der Waals surface area contributed by atoms with Crippen molar-refractivity contribution >= 4 is 12.1 Å². The van der Waals surface area contributed by atoms with Crippen LogP contribution >= 0.6 is 0 Å². The molecule has 0 heterocycles. The van der Waals surface area contributed by atoms with Gasteiger partial charge < -0.3 is 4.74 Å². The number of carbonyl (C=O) groups excluding carboxylic acids is 1. The number of ether oxygens (including phenoxy) is 1. The molecule has 1 fully saturated rings. The van der Waals surface area contributed by atoms with Crippen LogP contribution in [-0.2, 0) is 11.2 Å². The van der Waals surface area contributed by atoms with Gasteiger partial charge in [-0.1, -0.05) is 54.1 Å². The molecule has 1 aliphatic rings. The number of hydrogen-bond acceptors (Lipinski definition) is 4. The van der Waals surface area contributed by atoms with Gasteiger partial charge in [0.1, 0.15) is 17.9 Å². The predicted molar refractivity (Wildman–Crippen MR) is 122 cm³/mol. The van der Waals surface area contributed by atoms with E-state index in [4.69, 9.17) is 0 Å². The van der Waals surface area contributed by atoms with Gasteiger partial charge in [0.2, 0.25) is 0 Å². The van der Waals surface area contributed by atoms with Crippen LogP contribution in [-0.4, -0.2) is 36.6 Å². The van der Waals surface area contributed by atoms with Crippen LogP contribution in [0.3, 0.4) is 0 Å². The summed E-state index contributed by atoms with van der Waals surface area (Å²) < 4.78 is 40.8. The summed E-state index contributed by atoms with van der Waals surface area (Å²) in [6.07, 6.45) is 4.66. The molecule has 0 atom stereocenters. The van der Waals surface area contributed by atoms with E-state index >= 15 is 0 Å². The van der Waals surface area contributed by atoms with E-state index in [0.29, 0.717) is 31.6 Å². The summed E-state index contributed by atoms with van der Waals surface area (Å²) >= 11 is 0. The van der Waals surface area contributed by atoms with Gasteiger partial charge in [-0.05, 0) is 49.5 Å². The zero-order chi connectivity index (χ0) is 23.5. The number of halogens is 3. The highest BCUT2D eigenvalue weighted by atomic mass is 19.4. The molecule has 2 aromatic rings. The molecule has 0 bridgehead atoms. The zero-order valence-electron chi connectivity index (χ0n) is 18.1. The monoisotopic (exact) mass is 457 g/mol. The third-order valence-electron chi connectivity index (χ3n) is 4.85. The Morgan fingerprint density at radius 1 is 1.09 bits per heavy atom. The minimum Gasteiger partial charge on any atom is -0.406 e. The van der Waals surface area contributed by atoms with Crippen molar-refractivity contribution in [3.63, 3.8) is 0 Å². The molecule has 0 radical (unpaired) electrons. The Hall–Kier alpha value is -3.39. The lowest BCUT2D eigenvalue weighted by atomic mass is 10.1. The van der Waals surface area contributed by atoms with Gasteiger partial charge >= 0.3 is 6.36 Å². The molecule has 0 aromatic heterocycles. The van der Waals surface area contributed by atoms with Crippen LogP contribution in [0.4, 0.5) is 13.2 Å². The lowest BCUT2D eigenvalue weighted by Gasteiger charge is -2.26. The lowest BCUT2D eigenvalue weighted by molar-refractivity contribution is -0.274. The first kappa shape index (κ1) is 24.3. The maximum Gasteiger partial charge on any atom is 0.573 e. The van der Waals surface area contributed by atoms with E-state index in [2.05, 4.69) is 21.2 Å². The van der Waals surface area contributed by atoms with Crippen LogP contribution in [0.15, 0.2) is 83.5 Å². The van der Waals surface area contributed by atoms with E-state index in [1.165, 1.54) is 30.0 Å². The Balaban J connectivity index is 1.62. The summed E-state index contributed by atoms with van der Waals surface area (Å²) in [5, 5.41) is 1.95. The minimum atomic E-state index is -4.69. The van der Waals surface area contributed by atoms with Crippen LogP contribution in [0.2, 0.25) is 0 Å². The molecule has 0 saturated heterocycles. The second-order valence-corrected chi connectivity index (χ2v) is 7.47. The first-order valence-corrected chi connectivity index (χ1v) is 10.7. The maximum absolute atomic E-state index is 12.3. The van der Waals surface area contributed by atoms with Gasteiger partial charge in [0, 0.05) is 18.3 Å². The number of carbonyl (C=O) groups is 1. The van der Waals surface area contributed by atoms with Gasteiger partial charge in [-0.25, -0.2) is 10.4 Å². The molecular weight excluding hydrogens is 431 g/mol. The summed E-state index contributed by atoms with van der Waals surface area (Å²) in [5.41, 5.74) is 6.64. The smallest absolute Gasteiger partial charge is 0.406 e. The van der Waals surface area contributed by atoms with E-state index in [1.807, 2.05) is 35.3 Å². The average molecular weight is 457 g/mol. The largest absolute Gasteiger partial charge is 0.573 e. The minimum absolute atomic E-state index is 0.226. The van der Waals surface area contributed by atoms with E-state index in [0.717, 1.165) is 30.4 Å². The fourth-order valence-electron chi connectivity index (χ4n) is 3.12. The number of aldehydes is 1. The van der Waals surface area contributed by atoms with Crippen molar-refractivity contribution in [1.82, 2.24) is 10.4 Å². The van der Waals surface area contributed by atoms with Gasteiger partial charge in [0.05, 0.1) is 6.54 Å². The van der Waals surface area contributed by atoms with Gasteiger partial charge in [-0.3, -0.25) is 9.80 Å². The van der Waals surface area contributed by atoms with Crippen molar-refractivity contribution in [2.24, 2.45) is 4.99 Å². The number of hydrogen-bond donors (Lipinski definition) is 1. The standard InChI is InChI=1S/C25H26F3N3O2/c26-25(27,28)33-23-13-11-20(12-14-23)6-4-17-30-31(18-15-21-9-10-21)24(29-16-5-19-32)22-7-2-1-3-8-22/h1-3,5,7-8,11-16,19,30H,4,6,9-10,17-18H2/b16-5-,29-24?. The number of hydrazine groups is 1. The molecule has 0 unspecified atom stereocenters. The molecule has 1 N–H and O–H groups in total. The van der Waals surface area contributed by atoms with Gasteiger partial charge in [-0.15, -0.1) is 13.2 Å². The number of allylic oxidation sites excluding steroid dienone is 2. The van der Waals surface area contributed by atoms with Crippen molar-refractivity contribution in [2.75, 3.05) is 13.1 Å². The average Bonchev–Trinajstić information content (AvgIpc) is 3.62. The predicted octanol–water partition coefficient (Wildman–Crippen LogP) is 5.20. The number of benzene rings is 2. The molecule has 0 aliphatic heterocycles. The normalized spacial score (nSPS) is 13.8. The second kappa shape index (κ2) is 12.0. The van der Waals surface area contributed by atoms with Crippen LogP contribution in [0, 0.1) is 0 Å². The number of amidine groups is 1. The Bertz CT molecular complexity index is 978. The van der Waals surface area contributed by atoms with Crippen LogP contribution < -0.4 is 10.2 Å². The SMILES string of the molecule is O=C/C=C\N=C(c1ccccc1)N(CC=C1CC1)NCCCc1ccc(OC(F)(F)F)cc1. The first-order valence-electron chi connectivity index (χ1n) is 10.7. The molecule has 0 amide bonds. The molecule has 1 aliphatic carbocycles. The summed E-state index contributed by atoms with van der Waals surface area (Å²) in [6.45, 7) is 1.26. The van der Waals surface area contributed by atoms with Crippen LogP contribution in [0.25, 0.3) is 0 Å². The highest BCUT2D eigenvalue weighted by Crippen LogP contribution is 2.27. The van der Waals surface area contributed by atoms with Crippen LogP contribution in [0.1, 0.15) is 30.4 Å². The highest BCUT2D eigenvalue weighted by molar-refractivity contribution is 5.99. The summed E-state index contributed by atoms with van der Waals surface area (Å²) in [4.78, 5) is 15.2. The molecule has 174 valence electrons. The summed E-state index contributed by atoms with van der Waals surface area (Å²) in [6, 6.07) is 15.6. The fourth-order valence-corrected chi connectivity index (χ4v) is 3.12. The molecule has 5 nitrogen and oxygen atoms in total. The topological polar surface area (TPSA) is 53.9 Å². The van der Waals surface area contributed by atoms with Crippen molar-refractivity contribution < 1.29 is 22.7 Å². The lowest BCUT2D eigenvalue weighted by Crippen LogP contribution is -2.44. The van der Waals surface area contributed by atoms with E-state index in [9.17, 15) is 18.0 Å². The van der Waals surface area contributed by atoms with Crippen LogP contribution in [0.5, 0.6) is 5.75 Å². The number of aryl methyl sites for hydroxylation is 1. The Morgan fingerprint density at radius 3 is 2.45 bits per heavy atom. The number of rotatable bonds is 11. The van der Waals surface area contributed by atoms with Crippen molar-refractivity contribution in [3.8, 4) is 5.75 Å². The number of nitrogens with zero attached hydrogens (tertiary/aromatic N) is 2. The third kappa shape index (κ3) is 8.94. The van der Waals surface area contributed by atoms with Gasteiger partial charge in [-0.2, -0.15) is 0 Å². The number of nitrogens with one attached hydrogen (secondary N) is 1. The molecule has 8 heteroatoms. The zero-order valence-corrected chi connectivity index (χ0v) is 18.1. The second-order valence-electron chi connectivity index (χ2n) is 7.47. The van der Waals surface area contributed by atoms with E-state index in [1.54, 1.807) is 12.1 Å².